The molecule has 0 radical (unpaired) electrons. The Bertz CT molecular complexity index is 251. The van der Waals surface area contributed by atoms with Gasteiger partial charge in [-0.3, -0.25) is 0 Å². The van der Waals surface area contributed by atoms with Crippen LogP contribution in [0.15, 0.2) is 11.1 Å². The van der Waals surface area contributed by atoms with Crippen LogP contribution in [0.25, 0.3) is 0 Å². The summed E-state index contributed by atoms with van der Waals surface area (Å²) in [6.45, 7) is 8.33. The molecule has 0 heterocycles. The molecule has 1 rings (SSSR count). The topological polar surface area (TPSA) is 40.5 Å². The van der Waals surface area contributed by atoms with Gasteiger partial charge in [-0.1, -0.05) is 25.0 Å². The minimum atomic E-state index is -0.229. The fraction of sp³-hybridized carbons (Fsp3) is 0.846. The second kappa shape index (κ2) is 4.67. The molecule has 1 unspecified atom stereocenters. The number of aliphatic hydroxyl groups excluding tert-OH is 2. The smallest absolute Gasteiger partial charge is 0.0585 e. The molecule has 0 amide bonds. The molecule has 2 heteroatoms. The van der Waals surface area contributed by atoms with Gasteiger partial charge in [-0.15, -0.1) is 0 Å². The zero-order valence-electron chi connectivity index (χ0n) is 10.4. The molecule has 0 aromatic heterocycles. The van der Waals surface area contributed by atoms with E-state index in [4.69, 9.17) is 0 Å². The Hall–Kier alpha value is -0.340. The van der Waals surface area contributed by atoms with Gasteiger partial charge in [0.1, 0.15) is 0 Å². The van der Waals surface area contributed by atoms with Crippen molar-refractivity contribution in [2.75, 3.05) is 0 Å². The lowest BCUT2D eigenvalue weighted by molar-refractivity contribution is 0.110. The Kier molecular flexibility index (Phi) is 3.96. The lowest BCUT2D eigenvalue weighted by Gasteiger charge is -2.37. The maximum absolute atomic E-state index is 9.73. The summed E-state index contributed by atoms with van der Waals surface area (Å²) in [5.74, 6) is 0. The van der Waals surface area contributed by atoms with Crippen molar-refractivity contribution in [1.29, 1.82) is 0 Å². The average Bonchev–Trinajstić information content (AvgIpc) is 1.98. The second-order valence-corrected chi connectivity index (χ2v) is 5.59. The van der Waals surface area contributed by atoms with Crippen LogP contribution in [-0.2, 0) is 0 Å². The lowest BCUT2D eigenvalue weighted by atomic mass is 9.70. The van der Waals surface area contributed by atoms with E-state index < -0.39 is 0 Å². The summed E-state index contributed by atoms with van der Waals surface area (Å²) in [5.41, 5.74) is 2.85. The van der Waals surface area contributed by atoms with Gasteiger partial charge in [-0.25, -0.2) is 0 Å². The molecule has 0 saturated carbocycles. The highest BCUT2D eigenvalue weighted by molar-refractivity contribution is 5.23. The molecule has 0 aromatic rings. The number of rotatable bonds is 3. The quantitative estimate of drug-likeness (QED) is 0.706. The first kappa shape index (κ1) is 12.7. The molecular formula is C13H24O2. The highest BCUT2D eigenvalue weighted by atomic mass is 16.3. The van der Waals surface area contributed by atoms with E-state index in [0.29, 0.717) is 0 Å². The molecule has 0 spiro atoms. The summed E-state index contributed by atoms with van der Waals surface area (Å²) in [6.07, 6.45) is 3.02. The molecule has 0 aromatic carbocycles. The minimum absolute atomic E-state index is 0.0939. The van der Waals surface area contributed by atoms with Gasteiger partial charge < -0.3 is 10.2 Å². The molecule has 0 fully saturated rings. The summed E-state index contributed by atoms with van der Waals surface area (Å²) in [6, 6.07) is 0. The Balaban J connectivity index is 2.77. The Morgan fingerprint density at radius 2 is 2.07 bits per heavy atom. The fourth-order valence-electron chi connectivity index (χ4n) is 2.74. The van der Waals surface area contributed by atoms with Crippen LogP contribution < -0.4 is 0 Å². The maximum Gasteiger partial charge on any atom is 0.0585 e. The molecule has 1 aliphatic carbocycles. The van der Waals surface area contributed by atoms with E-state index in [1.54, 1.807) is 0 Å². The zero-order chi connectivity index (χ0) is 11.6. The van der Waals surface area contributed by atoms with Gasteiger partial charge in [0.2, 0.25) is 0 Å². The molecule has 0 bridgehead atoms. The molecule has 2 nitrogen and oxygen atoms in total. The van der Waals surface area contributed by atoms with E-state index in [1.807, 2.05) is 6.92 Å². The van der Waals surface area contributed by atoms with Gasteiger partial charge >= 0.3 is 0 Å². The van der Waals surface area contributed by atoms with E-state index in [1.165, 1.54) is 11.1 Å². The number of aliphatic hydroxyl groups is 2. The predicted octanol–water partition coefficient (Wildman–Crippen LogP) is 2.64. The van der Waals surface area contributed by atoms with Crippen LogP contribution in [-0.4, -0.2) is 22.4 Å². The molecule has 2 N–H and O–H groups in total. The number of hydrogen-bond donors (Lipinski definition) is 2. The SMILES string of the molecule is CC1=C(CCC(C)O)C(C)(C)C[C@H](O)C1. The minimum Gasteiger partial charge on any atom is -0.393 e. The van der Waals surface area contributed by atoms with E-state index in [-0.39, 0.29) is 17.6 Å². The first-order valence-corrected chi connectivity index (χ1v) is 5.88. The molecule has 88 valence electrons. The third kappa shape index (κ3) is 3.32. The summed E-state index contributed by atoms with van der Waals surface area (Å²) in [4.78, 5) is 0. The Labute approximate surface area is 93.0 Å². The summed E-state index contributed by atoms with van der Waals surface area (Å²) in [5, 5.41) is 19.0. The van der Waals surface area contributed by atoms with Crippen molar-refractivity contribution < 1.29 is 10.2 Å². The Morgan fingerprint density at radius 1 is 1.47 bits per heavy atom. The average molecular weight is 212 g/mol. The summed E-state index contributed by atoms with van der Waals surface area (Å²) in [7, 11) is 0. The highest BCUT2D eigenvalue weighted by Crippen LogP contribution is 2.42. The van der Waals surface area contributed by atoms with Gasteiger partial charge in [0.15, 0.2) is 0 Å². The van der Waals surface area contributed by atoms with Crippen LogP contribution in [0.2, 0.25) is 0 Å². The van der Waals surface area contributed by atoms with Crippen molar-refractivity contribution in [2.24, 2.45) is 5.41 Å². The van der Waals surface area contributed by atoms with Crippen molar-refractivity contribution in [3.05, 3.63) is 11.1 Å². The largest absolute Gasteiger partial charge is 0.393 e. The van der Waals surface area contributed by atoms with E-state index in [2.05, 4.69) is 20.8 Å². The Morgan fingerprint density at radius 3 is 2.53 bits per heavy atom. The van der Waals surface area contributed by atoms with Crippen LogP contribution in [0.1, 0.15) is 53.4 Å². The maximum atomic E-state index is 9.73. The van der Waals surface area contributed by atoms with Crippen molar-refractivity contribution in [1.82, 2.24) is 0 Å². The zero-order valence-corrected chi connectivity index (χ0v) is 10.4. The molecule has 2 atom stereocenters. The molecule has 0 saturated heterocycles. The number of allylic oxidation sites excluding steroid dienone is 1. The number of hydrogen-bond acceptors (Lipinski definition) is 2. The highest BCUT2D eigenvalue weighted by Gasteiger charge is 2.32. The van der Waals surface area contributed by atoms with Crippen LogP contribution in [0.3, 0.4) is 0 Å². The van der Waals surface area contributed by atoms with Crippen molar-refractivity contribution in [2.45, 2.75) is 65.6 Å². The van der Waals surface area contributed by atoms with Gasteiger partial charge in [0, 0.05) is 0 Å². The van der Waals surface area contributed by atoms with Crippen LogP contribution in [0, 0.1) is 5.41 Å². The first-order valence-electron chi connectivity index (χ1n) is 5.88. The van der Waals surface area contributed by atoms with Crippen molar-refractivity contribution >= 4 is 0 Å². The van der Waals surface area contributed by atoms with Crippen LogP contribution in [0.4, 0.5) is 0 Å². The lowest BCUT2D eigenvalue weighted by Crippen LogP contribution is -2.29. The predicted molar refractivity (Wildman–Crippen MR) is 62.6 cm³/mol. The third-order valence-electron chi connectivity index (χ3n) is 3.43. The normalized spacial score (nSPS) is 28.0. The summed E-state index contributed by atoms with van der Waals surface area (Å²) < 4.78 is 0. The van der Waals surface area contributed by atoms with Crippen molar-refractivity contribution in [3.8, 4) is 0 Å². The second-order valence-electron chi connectivity index (χ2n) is 5.59. The molecule has 15 heavy (non-hydrogen) atoms. The van der Waals surface area contributed by atoms with E-state index >= 15 is 0 Å². The molecule has 0 aliphatic heterocycles. The van der Waals surface area contributed by atoms with Crippen molar-refractivity contribution in [3.63, 3.8) is 0 Å². The van der Waals surface area contributed by atoms with Gasteiger partial charge in [0.25, 0.3) is 0 Å². The molecule has 1 aliphatic rings. The van der Waals surface area contributed by atoms with Crippen LogP contribution >= 0.6 is 0 Å². The van der Waals surface area contributed by atoms with Crippen LogP contribution in [0.5, 0.6) is 0 Å². The fourth-order valence-corrected chi connectivity index (χ4v) is 2.74. The monoisotopic (exact) mass is 212 g/mol. The van der Waals surface area contributed by atoms with Gasteiger partial charge in [-0.2, -0.15) is 0 Å². The van der Waals surface area contributed by atoms with E-state index in [9.17, 15) is 10.2 Å². The van der Waals surface area contributed by atoms with Gasteiger partial charge in [-0.05, 0) is 44.9 Å². The first-order chi connectivity index (χ1) is 6.83. The van der Waals surface area contributed by atoms with Gasteiger partial charge in [0.05, 0.1) is 12.2 Å². The van der Waals surface area contributed by atoms with E-state index in [0.717, 1.165) is 25.7 Å². The molecular weight excluding hydrogens is 188 g/mol. The third-order valence-corrected chi connectivity index (χ3v) is 3.43. The standard InChI is InChI=1S/C13H24O2/c1-9-7-11(15)8-13(3,4)12(9)6-5-10(2)14/h10-11,14-15H,5-8H2,1-4H3/t10?,11-/m1/s1. The summed E-state index contributed by atoms with van der Waals surface area (Å²) >= 11 is 0.